The fraction of sp³-hybridized carbons (Fsp3) is 0.0714. The van der Waals surface area contributed by atoms with Crippen LogP contribution in [0.15, 0.2) is 36.4 Å². The third-order valence-corrected chi connectivity index (χ3v) is 3.86. The molecule has 0 aliphatic heterocycles. The van der Waals surface area contributed by atoms with Gasteiger partial charge in [-0.15, -0.1) is 0 Å². The molecule has 2 rings (SSSR count). The summed E-state index contributed by atoms with van der Waals surface area (Å²) in [6, 6.07) is 9.05. The van der Waals surface area contributed by atoms with Crippen molar-refractivity contribution in [1.29, 1.82) is 0 Å². The van der Waals surface area contributed by atoms with Crippen molar-refractivity contribution in [3.05, 3.63) is 68.4 Å². The molecule has 0 bridgehead atoms. The zero-order valence-corrected chi connectivity index (χ0v) is 12.4. The highest BCUT2D eigenvalue weighted by atomic mass is 35.5. The predicted molar refractivity (Wildman–Crippen MR) is 79.0 cm³/mol. The van der Waals surface area contributed by atoms with Crippen LogP contribution in [0, 0.1) is 5.82 Å². The molecule has 0 unspecified atom stereocenters. The van der Waals surface area contributed by atoms with Gasteiger partial charge in [-0.25, -0.2) is 4.39 Å². The van der Waals surface area contributed by atoms with E-state index in [0.29, 0.717) is 0 Å². The molecular weight excluding hydrogens is 324 g/mol. The molecule has 0 fully saturated rings. The lowest BCUT2D eigenvalue weighted by atomic mass is 10.2. The lowest BCUT2D eigenvalue weighted by Crippen LogP contribution is -2.23. The molecule has 20 heavy (non-hydrogen) atoms. The zero-order chi connectivity index (χ0) is 14.7. The summed E-state index contributed by atoms with van der Waals surface area (Å²) in [5.74, 6) is -0.924. The van der Waals surface area contributed by atoms with E-state index in [9.17, 15) is 9.18 Å². The van der Waals surface area contributed by atoms with E-state index in [2.05, 4.69) is 5.32 Å². The van der Waals surface area contributed by atoms with Gasteiger partial charge in [-0.3, -0.25) is 4.79 Å². The fourth-order valence-electron chi connectivity index (χ4n) is 1.64. The van der Waals surface area contributed by atoms with E-state index in [4.69, 9.17) is 34.8 Å². The van der Waals surface area contributed by atoms with E-state index in [-0.39, 0.29) is 32.7 Å². The van der Waals surface area contributed by atoms with Gasteiger partial charge in [-0.1, -0.05) is 46.9 Å². The summed E-state index contributed by atoms with van der Waals surface area (Å²) in [6.07, 6.45) is 0. The van der Waals surface area contributed by atoms with Crippen molar-refractivity contribution in [3.8, 4) is 0 Å². The first-order valence-electron chi connectivity index (χ1n) is 5.66. The summed E-state index contributed by atoms with van der Waals surface area (Å²) in [5, 5.41) is 3.25. The Balaban J connectivity index is 2.15. The standard InChI is InChI=1S/C14H9Cl3FNO/c15-10-4-2-6-12(18)9(10)7-19-14(20)8-3-1-5-11(16)13(8)17/h1-6H,7H2,(H,19,20). The Morgan fingerprint density at radius 3 is 2.40 bits per heavy atom. The van der Waals surface area contributed by atoms with Crippen LogP contribution in [0.2, 0.25) is 15.1 Å². The van der Waals surface area contributed by atoms with Crippen molar-refractivity contribution >= 4 is 40.7 Å². The highest BCUT2D eigenvalue weighted by Gasteiger charge is 2.14. The maximum Gasteiger partial charge on any atom is 0.253 e. The Morgan fingerprint density at radius 2 is 1.70 bits per heavy atom. The average molecular weight is 333 g/mol. The molecule has 2 aromatic rings. The van der Waals surface area contributed by atoms with Crippen molar-refractivity contribution in [2.45, 2.75) is 6.54 Å². The highest BCUT2D eigenvalue weighted by molar-refractivity contribution is 6.43. The number of rotatable bonds is 3. The third kappa shape index (κ3) is 3.23. The van der Waals surface area contributed by atoms with Gasteiger partial charge in [0.2, 0.25) is 0 Å². The van der Waals surface area contributed by atoms with Crippen molar-refractivity contribution in [2.75, 3.05) is 0 Å². The smallest absolute Gasteiger partial charge is 0.253 e. The molecule has 0 aliphatic rings. The minimum Gasteiger partial charge on any atom is -0.348 e. The third-order valence-electron chi connectivity index (χ3n) is 2.68. The summed E-state index contributed by atoms with van der Waals surface area (Å²) in [6.45, 7) is -0.0345. The van der Waals surface area contributed by atoms with Gasteiger partial charge in [-0.2, -0.15) is 0 Å². The van der Waals surface area contributed by atoms with Crippen LogP contribution in [0.5, 0.6) is 0 Å². The first-order chi connectivity index (χ1) is 9.50. The molecule has 6 heteroatoms. The first-order valence-corrected chi connectivity index (χ1v) is 6.79. The van der Waals surface area contributed by atoms with Crippen LogP contribution >= 0.6 is 34.8 Å². The highest BCUT2D eigenvalue weighted by Crippen LogP contribution is 2.25. The maximum absolute atomic E-state index is 13.6. The first kappa shape index (κ1) is 15.1. The number of amides is 1. The largest absolute Gasteiger partial charge is 0.348 e. The monoisotopic (exact) mass is 331 g/mol. The number of benzene rings is 2. The lowest BCUT2D eigenvalue weighted by Gasteiger charge is -2.09. The number of halogens is 4. The van der Waals surface area contributed by atoms with Crippen molar-refractivity contribution in [2.24, 2.45) is 0 Å². The summed E-state index contributed by atoms with van der Waals surface area (Å²) in [5.41, 5.74) is 0.451. The summed E-state index contributed by atoms with van der Waals surface area (Å²) in [7, 11) is 0. The molecule has 0 atom stereocenters. The minimum absolute atomic E-state index is 0.0345. The Kier molecular flexibility index (Phi) is 4.86. The van der Waals surface area contributed by atoms with Crippen LogP contribution in [0.4, 0.5) is 4.39 Å². The van der Waals surface area contributed by atoms with Crippen molar-refractivity contribution in [1.82, 2.24) is 5.32 Å². The molecule has 0 spiro atoms. The number of carbonyl (C=O) groups excluding carboxylic acids is 1. The Hall–Kier alpha value is -1.29. The van der Waals surface area contributed by atoms with E-state index in [0.717, 1.165) is 0 Å². The van der Waals surface area contributed by atoms with E-state index in [1.165, 1.54) is 18.2 Å². The van der Waals surface area contributed by atoms with Crippen LogP contribution in [0.1, 0.15) is 15.9 Å². The molecule has 1 N–H and O–H groups in total. The topological polar surface area (TPSA) is 29.1 Å². The lowest BCUT2D eigenvalue weighted by molar-refractivity contribution is 0.0951. The normalized spacial score (nSPS) is 10.4. The Labute approximate surface area is 130 Å². The quantitative estimate of drug-likeness (QED) is 0.866. The number of nitrogens with one attached hydrogen (secondary N) is 1. The maximum atomic E-state index is 13.6. The molecule has 0 heterocycles. The van der Waals surface area contributed by atoms with Crippen LogP contribution < -0.4 is 5.32 Å². The van der Waals surface area contributed by atoms with E-state index in [1.54, 1.807) is 18.2 Å². The minimum atomic E-state index is -0.477. The number of hydrogen-bond donors (Lipinski definition) is 1. The van der Waals surface area contributed by atoms with Crippen LogP contribution in [-0.4, -0.2) is 5.91 Å². The predicted octanol–water partition coefficient (Wildman–Crippen LogP) is 4.72. The van der Waals surface area contributed by atoms with Crippen molar-refractivity contribution < 1.29 is 9.18 Å². The molecule has 1 amide bonds. The van der Waals surface area contributed by atoms with Crippen LogP contribution in [0.3, 0.4) is 0 Å². The van der Waals surface area contributed by atoms with Crippen LogP contribution in [-0.2, 0) is 6.54 Å². The molecule has 0 saturated carbocycles. The average Bonchev–Trinajstić information content (AvgIpc) is 2.41. The van der Waals surface area contributed by atoms with Gasteiger partial charge < -0.3 is 5.32 Å². The summed E-state index contributed by atoms with van der Waals surface area (Å²) >= 11 is 17.6. The second kappa shape index (κ2) is 6.44. The van der Waals surface area contributed by atoms with Crippen molar-refractivity contribution in [3.63, 3.8) is 0 Å². The molecule has 0 aliphatic carbocycles. The van der Waals surface area contributed by atoms with E-state index < -0.39 is 11.7 Å². The second-order valence-corrected chi connectivity index (χ2v) is 5.18. The zero-order valence-electron chi connectivity index (χ0n) is 10.1. The van der Waals surface area contributed by atoms with Gasteiger partial charge in [0.15, 0.2) is 0 Å². The van der Waals surface area contributed by atoms with Gasteiger partial charge in [0.05, 0.1) is 15.6 Å². The molecule has 0 saturated heterocycles. The Morgan fingerprint density at radius 1 is 1.05 bits per heavy atom. The van der Waals surface area contributed by atoms with Gasteiger partial charge in [-0.05, 0) is 24.3 Å². The fourth-order valence-corrected chi connectivity index (χ4v) is 2.26. The second-order valence-electron chi connectivity index (χ2n) is 3.98. The molecule has 2 aromatic carbocycles. The van der Waals surface area contributed by atoms with E-state index in [1.807, 2.05) is 0 Å². The number of carbonyl (C=O) groups is 1. The molecule has 0 aromatic heterocycles. The molecule has 104 valence electrons. The molecule has 0 radical (unpaired) electrons. The van der Waals surface area contributed by atoms with Gasteiger partial charge in [0, 0.05) is 17.1 Å². The summed E-state index contributed by atoms with van der Waals surface area (Å²) < 4.78 is 13.6. The molecular formula is C14H9Cl3FNO. The van der Waals surface area contributed by atoms with Gasteiger partial charge in [0.1, 0.15) is 5.82 Å². The summed E-state index contributed by atoms with van der Waals surface area (Å²) in [4.78, 5) is 12.0. The number of hydrogen-bond acceptors (Lipinski definition) is 1. The van der Waals surface area contributed by atoms with Crippen LogP contribution in [0.25, 0.3) is 0 Å². The Bertz CT molecular complexity index is 641. The van der Waals surface area contributed by atoms with Gasteiger partial charge in [0.25, 0.3) is 5.91 Å². The SMILES string of the molecule is O=C(NCc1c(F)cccc1Cl)c1cccc(Cl)c1Cl. The van der Waals surface area contributed by atoms with Gasteiger partial charge >= 0.3 is 0 Å². The molecule has 2 nitrogen and oxygen atoms in total. The van der Waals surface area contributed by atoms with E-state index >= 15 is 0 Å².